The molecule has 1 aromatic rings. The zero-order valence-electron chi connectivity index (χ0n) is 11.8. The molecule has 1 fully saturated rings. The maximum Gasteiger partial charge on any atom is 0.223 e. The SMILES string of the molecule is CC1(CN)CCCCN1C(=O)CCCc1ccc[nH]1. The Balaban J connectivity index is 1.84. The van der Waals surface area contributed by atoms with Gasteiger partial charge in [-0.3, -0.25) is 4.79 Å². The second kappa shape index (κ2) is 6.24. The second-order valence-corrected chi connectivity index (χ2v) is 5.75. The first-order valence-corrected chi connectivity index (χ1v) is 7.28. The summed E-state index contributed by atoms with van der Waals surface area (Å²) in [6.07, 6.45) is 7.70. The third-order valence-corrected chi connectivity index (χ3v) is 4.24. The molecular formula is C15H25N3O. The van der Waals surface area contributed by atoms with E-state index in [0.717, 1.165) is 32.2 Å². The van der Waals surface area contributed by atoms with E-state index in [1.165, 1.54) is 12.1 Å². The number of nitrogens with one attached hydrogen (secondary N) is 1. The largest absolute Gasteiger partial charge is 0.365 e. The molecule has 1 aromatic heterocycles. The van der Waals surface area contributed by atoms with Crippen LogP contribution in [0.1, 0.15) is 44.7 Å². The van der Waals surface area contributed by atoms with Gasteiger partial charge in [0.2, 0.25) is 5.91 Å². The Morgan fingerprint density at radius 3 is 3.05 bits per heavy atom. The molecule has 0 bridgehead atoms. The molecule has 0 saturated carbocycles. The van der Waals surface area contributed by atoms with Gasteiger partial charge < -0.3 is 15.6 Å². The van der Waals surface area contributed by atoms with E-state index in [9.17, 15) is 4.79 Å². The third kappa shape index (κ3) is 3.38. The lowest BCUT2D eigenvalue weighted by atomic mass is 9.88. The van der Waals surface area contributed by atoms with E-state index in [1.54, 1.807) is 0 Å². The maximum atomic E-state index is 12.4. The number of H-pyrrole nitrogens is 1. The molecule has 1 aliphatic rings. The van der Waals surface area contributed by atoms with Crippen LogP contribution in [-0.2, 0) is 11.2 Å². The minimum absolute atomic E-state index is 0.123. The lowest BCUT2D eigenvalue weighted by Gasteiger charge is -2.44. The van der Waals surface area contributed by atoms with E-state index in [-0.39, 0.29) is 11.4 Å². The molecule has 1 amide bonds. The number of aromatic amines is 1. The van der Waals surface area contributed by atoms with Crippen LogP contribution in [0.5, 0.6) is 0 Å². The normalized spacial score (nSPS) is 23.6. The van der Waals surface area contributed by atoms with E-state index >= 15 is 0 Å². The fourth-order valence-electron chi connectivity index (χ4n) is 2.91. The quantitative estimate of drug-likeness (QED) is 0.854. The van der Waals surface area contributed by atoms with Crippen LogP contribution in [0.4, 0.5) is 0 Å². The Morgan fingerprint density at radius 1 is 1.53 bits per heavy atom. The van der Waals surface area contributed by atoms with Crippen molar-refractivity contribution in [2.45, 2.75) is 51.0 Å². The Bertz CT molecular complexity index is 402. The van der Waals surface area contributed by atoms with Crippen molar-refractivity contribution in [1.29, 1.82) is 0 Å². The first-order valence-electron chi connectivity index (χ1n) is 7.28. The molecule has 0 aromatic carbocycles. The van der Waals surface area contributed by atoms with Gasteiger partial charge in [-0.15, -0.1) is 0 Å². The van der Waals surface area contributed by atoms with Crippen LogP contribution in [0.2, 0.25) is 0 Å². The fourth-order valence-corrected chi connectivity index (χ4v) is 2.91. The van der Waals surface area contributed by atoms with E-state index in [4.69, 9.17) is 5.73 Å². The van der Waals surface area contributed by atoms with E-state index in [2.05, 4.69) is 18.0 Å². The summed E-state index contributed by atoms with van der Waals surface area (Å²) in [4.78, 5) is 17.6. The van der Waals surface area contributed by atoms with Crippen LogP contribution in [0, 0.1) is 0 Å². The summed E-state index contributed by atoms with van der Waals surface area (Å²) in [5, 5.41) is 0. The number of carbonyl (C=O) groups is 1. The summed E-state index contributed by atoms with van der Waals surface area (Å²) in [5.41, 5.74) is 6.95. The smallest absolute Gasteiger partial charge is 0.223 e. The molecule has 4 nitrogen and oxygen atoms in total. The van der Waals surface area contributed by atoms with Gasteiger partial charge in [0.15, 0.2) is 0 Å². The molecule has 1 aliphatic heterocycles. The Hall–Kier alpha value is -1.29. The van der Waals surface area contributed by atoms with Gasteiger partial charge in [0, 0.05) is 31.4 Å². The van der Waals surface area contributed by atoms with Crippen LogP contribution in [0.25, 0.3) is 0 Å². The van der Waals surface area contributed by atoms with Crippen LogP contribution in [0.15, 0.2) is 18.3 Å². The van der Waals surface area contributed by atoms with Gasteiger partial charge in [0.05, 0.1) is 5.54 Å². The summed E-state index contributed by atoms with van der Waals surface area (Å²) < 4.78 is 0. The number of carbonyl (C=O) groups excluding carboxylic acids is 1. The second-order valence-electron chi connectivity index (χ2n) is 5.75. The van der Waals surface area contributed by atoms with E-state index in [0.29, 0.717) is 13.0 Å². The van der Waals surface area contributed by atoms with Crippen molar-refractivity contribution < 1.29 is 4.79 Å². The highest BCUT2D eigenvalue weighted by Gasteiger charge is 2.35. The predicted molar refractivity (Wildman–Crippen MR) is 76.8 cm³/mol. The highest BCUT2D eigenvalue weighted by Crippen LogP contribution is 2.27. The number of amides is 1. The minimum Gasteiger partial charge on any atom is -0.365 e. The predicted octanol–water partition coefficient (Wildman–Crippen LogP) is 2.07. The monoisotopic (exact) mass is 263 g/mol. The van der Waals surface area contributed by atoms with Gasteiger partial charge in [0.1, 0.15) is 0 Å². The Morgan fingerprint density at radius 2 is 2.37 bits per heavy atom. The zero-order valence-corrected chi connectivity index (χ0v) is 11.8. The zero-order chi connectivity index (χ0) is 13.7. The number of hydrogen-bond acceptors (Lipinski definition) is 2. The standard InChI is InChI=1S/C15H25N3O/c1-15(12-16)9-2-3-11-18(15)14(19)8-4-6-13-7-5-10-17-13/h5,7,10,17H,2-4,6,8-9,11-12,16H2,1H3. The van der Waals surface area contributed by atoms with Gasteiger partial charge in [-0.1, -0.05) is 0 Å². The van der Waals surface area contributed by atoms with Crippen LogP contribution in [-0.4, -0.2) is 34.4 Å². The van der Waals surface area contributed by atoms with E-state index in [1.807, 2.05) is 17.2 Å². The molecule has 2 heterocycles. The topological polar surface area (TPSA) is 62.1 Å². The summed E-state index contributed by atoms with van der Waals surface area (Å²) in [6.45, 7) is 3.55. The highest BCUT2D eigenvalue weighted by molar-refractivity contribution is 5.77. The van der Waals surface area contributed by atoms with Crippen molar-refractivity contribution in [3.63, 3.8) is 0 Å². The van der Waals surface area contributed by atoms with Gasteiger partial charge >= 0.3 is 0 Å². The average molecular weight is 263 g/mol. The number of aryl methyl sites for hydroxylation is 1. The number of nitrogens with zero attached hydrogens (tertiary/aromatic N) is 1. The Kier molecular flexibility index (Phi) is 4.64. The molecule has 3 N–H and O–H groups in total. The van der Waals surface area contributed by atoms with E-state index < -0.39 is 0 Å². The maximum absolute atomic E-state index is 12.4. The lowest BCUT2D eigenvalue weighted by Crippen LogP contribution is -2.56. The molecule has 1 saturated heterocycles. The molecule has 0 spiro atoms. The molecule has 106 valence electrons. The summed E-state index contributed by atoms with van der Waals surface area (Å²) in [7, 11) is 0. The number of piperidine rings is 1. The fraction of sp³-hybridized carbons (Fsp3) is 0.667. The average Bonchev–Trinajstić information content (AvgIpc) is 2.92. The van der Waals surface area contributed by atoms with Crippen molar-refractivity contribution in [1.82, 2.24) is 9.88 Å². The molecule has 19 heavy (non-hydrogen) atoms. The van der Waals surface area contributed by atoms with Crippen molar-refractivity contribution in [3.05, 3.63) is 24.0 Å². The van der Waals surface area contributed by atoms with Crippen LogP contribution in [0.3, 0.4) is 0 Å². The highest BCUT2D eigenvalue weighted by atomic mass is 16.2. The van der Waals surface area contributed by atoms with Crippen molar-refractivity contribution in [2.75, 3.05) is 13.1 Å². The van der Waals surface area contributed by atoms with Crippen molar-refractivity contribution >= 4 is 5.91 Å². The number of hydrogen-bond donors (Lipinski definition) is 2. The molecule has 2 rings (SSSR count). The van der Waals surface area contributed by atoms with Gasteiger partial charge in [-0.05, 0) is 51.2 Å². The van der Waals surface area contributed by atoms with Gasteiger partial charge in [-0.2, -0.15) is 0 Å². The summed E-state index contributed by atoms with van der Waals surface area (Å²) >= 11 is 0. The van der Waals surface area contributed by atoms with Gasteiger partial charge in [-0.25, -0.2) is 0 Å². The number of nitrogens with two attached hydrogens (primary N) is 1. The van der Waals surface area contributed by atoms with Gasteiger partial charge in [0.25, 0.3) is 0 Å². The molecule has 0 aliphatic carbocycles. The molecular weight excluding hydrogens is 238 g/mol. The first kappa shape index (κ1) is 14.1. The lowest BCUT2D eigenvalue weighted by molar-refractivity contribution is -0.138. The summed E-state index contributed by atoms with van der Waals surface area (Å²) in [5.74, 6) is 0.263. The molecule has 4 heteroatoms. The third-order valence-electron chi connectivity index (χ3n) is 4.24. The van der Waals surface area contributed by atoms with Crippen LogP contribution >= 0.6 is 0 Å². The van der Waals surface area contributed by atoms with Crippen molar-refractivity contribution in [2.24, 2.45) is 5.73 Å². The van der Waals surface area contributed by atoms with Crippen LogP contribution < -0.4 is 5.73 Å². The molecule has 0 radical (unpaired) electrons. The minimum atomic E-state index is -0.123. The molecule has 1 atom stereocenters. The first-order chi connectivity index (χ1) is 9.15. The van der Waals surface area contributed by atoms with Crippen molar-refractivity contribution in [3.8, 4) is 0 Å². The Labute approximate surface area is 115 Å². The summed E-state index contributed by atoms with van der Waals surface area (Å²) in [6, 6.07) is 4.06. The number of rotatable bonds is 5. The molecule has 1 unspecified atom stereocenters. The number of likely N-dealkylation sites (tertiary alicyclic amines) is 1. The number of aromatic nitrogens is 1.